The Bertz CT molecular complexity index is 411. The maximum absolute atomic E-state index is 11.5. The third-order valence-electron chi connectivity index (χ3n) is 1.81. The van der Waals surface area contributed by atoms with Crippen LogP contribution in [0.1, 0.15) is 12.5 Å². The lowest BCUT2D eigenvalue weighted by Crippen LogP contribution is -2.08. The van der Waals surface area contributed by atoms with Gasteiger partial charge in [0.15, 0.2) is 0 Å². The number of carbonyl (C=O) groups excluding carboxylic acids is 1. The Labute approximate surface area is 92.5 Å². The van der Waals surface area contributed by atoms with E-state index in [-0.39, 0.29) is 12.2 Å². The molecule has 0 atom stereocenters. The topological polar surface area (TPSA) is 69.4 Å². The number of benzene rings is 1. The molecule has 84 valence electrons. The SMILES string of the molecule is CCOC(=O)/C(=C/[N+](=O)[O-])c1ccccc1. The summed E-state index contributed by atoms with van der Waals surface area (Å²) in [6.45, 7) is 1.83. The van der Waals surface area contributed by atoms with Crippen LogP contribution in [0.4, 0.5) is 0 Å². The second kappa shape index (κ2) is 5.65. The summed E-state index contributed by atoms with van der Waals surface area (Å²) in [6, 6.07) is 8.39. The average molecular weight is 221 g/mol. The van der Waals surface area contributed by atoms with Gasteiger partial charge in [0.2, 0.25) is 6.20 Å². The van der Waals surface area contributed by atoms with Crippen LogP contribution in [-0.2, 0) is 9.53 Å². The first-order chi connectivity index (χ1) is 7.65. The van der Waals surface area contributed by atoms with Gasteiger partial charge in [-0.25, -0.2) is 4.79 Å². The predicted molar refractivity (Wildman–Crippen MR) is 58.0 cm³/mol. The minimum atomic E-state index is -0.689. The molecule has 0 unspecified atom stereocenters. The number of nitro groups is 1. The van der Waals surface area contributed by atoms with Gasteiger partial charge >= 0.3 is 5.97 Å². The first kappa shape index (κ1) is 11.9. The van der Waals surface area contributed by atoms with Crippen LogP contribution < -0.4 is 0 Å². The van der Waals surface area contributed by atoms with Crippen molar-refractivity contribution in [3.63, 3.8) is 0 Å². The maximum Gasteiger partial charge on any atom is 0.345 e. The van der Waals surface area contributed by atoms with Gasteiger partial charge in [-0.2, -0.15) is 0 Å². The molecule has 0 heterocycles. The van der Waals surface area contributed by atoms with Gasteiger partial charge in [-0.3, -0.25) is 10.1 Å². The number of ether oxygens (including phenoxy) is 1. The highest BCUT2D eigenvalue weighted by Gasteiger charge is 2.16. The molecule has 0 saturated carbocycles. The number of rotatable bonds is 4. The minimum Gasteiger partial charge on any atom is -0.462 e. The minimum absolute atomic E-state index is 0.0487. The van der Waals surface area contributed by atoms with E-state index in [2.05, 4.69) is 0 Å². The largest absolute Gasteiger partial charge is 0.462 e. The van der Waals surface area contributed by atoms with E-state index in [1.165, 1.54) is 0 Å². The summed E-state index contributed by atoms with van der Waals surface area (Å²) < 4.78 is 4.75. The Morgan fingerprint density at radius 2 is 2.06 bits per heavy atom. The molecule has 0 spiro atoms. The zero-order chi connectivity index (χ0) is 12.0. The second-order valence-corrected chi connectivity index (χ2v) is 2.91. The Hall–Kier alpha value is -2.17. The van der Waals surface area contributed by atoms with Gasteiger partial charge in [0.1, 0.15) is 5.57 Å². The third-order valence-corrected chi connectivity index (χ3v) is 1.81. The van der Waals surface area contributed by atoms with Crippen LogP contribution in [0.15, 0.2) is 36.5 Å². The fourth-order valence-corrected chi connectivity index (χ4v) is 1.18. The van der Waals surface area contributed by atoms with E-state index in [4.69, 9.17) is 4.74 Å². The molecular formula is C11H11NO4. The van der Waals surface area contributed by atoms with Crippen LogP contribution in [0.25, 0.3) is 5.57 Å². The molecule has 0 fully saturated rings. The summed E-state index contributed by atoms with van der Waals surface area (Å²) in [5.74, 6) is -0.689. The van der Waals surface area contributed by atoms with Crippen LogP contribution in [0.2, 0.25) is 0 Å². The number of nitrogens with zero attached hydrogens (tertiary/aromatic N) is 1. The molecule has 0 N–H and O–H groups in total. The summed E-state index contributed by atoms with van der Waals surface area (Å²) in [5, 5.41) is 10.4. The maximum atomic E-state index is 11.5. The molecular weight excluding hydrogens is 210 g/mol. The highest BCUT2D eigenvalue weighted by Crippen LogP contribution is 2.15. The number of hydrogen-bond acceptors (Lipinski definition) is 4. The van der Waals surface area contributed by atoms with Gasteiger partial charge < -0.3 is 4.74 Å². The van der Waals surface area contributed by atoms with E-state index >= 15 is 0 Å². The molecule has 16 heavy (non-hydrogen) atoms. The smallest absolute Gasteiger partial charge is 0.345 e. The van der Waals surface area contributed by atoms with E-state index in [1.54, 1.807) is 37.3 Å². The van der Waals surface area contributed by atoms with E-state index in [0.717, 1.165) is 0 Å². The summed E-state index contributed by atoms with van der Waals surface area (Å²) >= 11 is 0. The zero-order valence-corrected chi connectivity index (χ0v) is 8.75. The average Bonchev–Trinajstić information content (AvgIpc) is 2.27. The summed E-state index contributed by atoms with van der Waals surface area (Å²) in [4.78, 5) is 21.2. The molecule has 5 nitrogen and oxygen atoms in total. The van der Waals surface area contributed by atoms with Crippen molar-refractivity contribution in [3.8, 4) is 0 Å². The lowest BCUT2D eigenvalue weighted by Gasteiger charge is -2.03. The Morgan fingerprint density at radius 1 is 1.44 bits per heavy atom. The molecule has 1 aromatic rings. The van der Waals surface area contributed by atoms with Crippen molar-refractivity contribution in [2.24, 2.45) is 0 Å². The molecule has 0 amide bonds. The highest BCUT2D eigenvalue weighted by molar-refractivity contribution is 6.16. The van der Waals surface area contributed by atoms with Crippen molar-refractivity contribution in [3.05, 3.63) is 52.2 Å². The fourth-order valence-electron chi connectivity index (χ4n) is 1.18. The van der Waals surface area contributed by atoms with Crippen LogP contribution in [0, 0.1) is 10.1 Å². The van der Waals surface area contributed by atoms with Crippen molar-refractivity contribution in [1.29, 1.82) is 0 Å². The fraction of sp³-hybridized carbons (Fsp3) is 0.182. The molecule has 5 heteroatoms. The third kappa shape index (κ3) is 3.20. The molecule has 0 radical (unpaired) electrons. The van der Waals surface area contributed by atoms with Gasteiger partial charge in [-0.05, 0) is 12.5 Å². The quantitative estimate of drug-likeness (QED) is 0.337. The van der Waals surface area contributed by atoms with Crippen LogP contribution in [0.5, 0.6) is 0 Å². The predicted octanol–water partition coefficient (Wildman–Crippen LogP) is 1.87. The Kier molecular flexibility index (Phi) is 4.20. The van der Waals surface area contributed by atoms with Crippen molar-refractivity contribution in [2.45, 2.75) is 6.92 Å². The van der Waals surface area contributed by atoms with Crippen molar-refractivity contribution >= 4 is 11.5 Å². The van der Waals surface area contributed by atoms with E-state index in [0.29, 0.717) is 11.8 Å². The molecule has 0 aliphatic rings. The summed E-state index contributed by atoms with van der Waals surface area (Å²) in [6.07, 6.45) is 0.660. The number of hydrogen-bond donors (Lipinski definition) is 0. The summed E-state index contributed by atoms with van der Waals surface area (Å²) in [7, 11) is 0. The number of carbonyl (C=O) groups is 1. The van der Waals surface area contributed by atoms with Crippen molar-refractivity contribution in [2.75, 3.05) is 6.61 Å². The van der Waals surface area contributed by atoms with Gasteiger partial charge in [-0.15, -0.1) is 0 Å². The van der Waals surface area contributed by atoms with E-state index in [9.17, 15) is 14.9 Å². The molecule has 0 aliphatic carbocycles. The standard InChI is InChI=1S/C11H11NO4/c1-2-16-11(13)10(8-12(14)15)9-6-4-3-5-7-9/h3-8H,2H2,1H3/b10-8+. The monoisotopic (exact) mass is 221 g/mol. The molecule has 0 bridgehead atoms. The van der Waals surface area contributed by atoms with Gasteiger partial charge in [0.05, 0.1) is 11.5 Å². The van der Waals surface area contributed by atoms with Crippen molar-refractivity contribution < 1.29 is 14.5 Å². The highest BCUT2D eigenvalue weighted by atomic mass is 16.6. The van der Waals surface area contributed by atoms with Crippen LogP contribution >= 0.6 is 0 Å². The normalized spacial score (nSPS) is 10.9. The molecule has 0 saturated heterocycles. The molecule has 1 aromatic carbocycles. The van der Waals surface area contributed by atoms with E-state index < -0.39 is 10.9 Å². The Morgan fingerprint density at radius 3 is 2.56 bits per heavy atom. The van der Waals surface area contributed by atoms with Gasteiger partial charge in [0.25, 0.3) is 0 Å². The lowest BCUT2D eigenvalue weighted by atomic mass is 10.1. The second-order valence-electron chi connectivity index (χ2n) is 2.91. The van der Waals surface area contributed by atoms with Crippen LogP contribution in [0.3, 0.4) is 0 Å². The number of esters is 1. The van der Waals surface area contributed by atoms with Gasteiger partial charge in [-0.1, -0.05) is 30.3 Å². The first-order valence-electron chi connectivity index (χ1n) is 4.73. The molecule has 0 aromatic heterocycles. The lowest BCUT2D eigenvalue weighted by molar-refractivity contribution is -0.401. The van der Waals surface area contributed by atoms with Crippen molar-refractivity contribution in [1.82, 2.24) is 0 Å². The zero-order valence-electron chi connectivity index (χ0n) is 8.75. The van der Waals surface area contributed by atoms with Gasteiger partial charge in [0, 0.05) is 0 Å². The summed E-state index contributed by atoms with van der Waals surface area (Å²) in [5.41, 5.74) is 0.421. The van der Waals surface area contributed by atoms with E-state index in [1.807, 2.05) is 0 Å². The first-order valence-corrected chi connectivity index (χ1v) is 4.73. The van der Waals surface area contributed by atoms with Crippen LogP contribution in [-0.4, -0.2) is 17.5 Å². The molecule has 1 rings (SSSR count). The Balaban J connectivity index is 3.07. The molecule has 0 aliphatic heterocycles.